The van der Waals surface area contributed by atoms with E-state index in [0.29, 0.717) is 12.2 Å². The van der Waals surface area contributed by atoms with Crippen LogP contribution in [0.5, 0.6) is 0 Å². The number of nitrogens with zero attached hydrogens (tertiary/aromatic N) is 3. The summed E-state index contributed by atoms with van der Waals surface area (Å²) in [6, 6.07) is 3.71. The summed E-state index contributed by atoms with van der Waals surface area (Å²) in [5.74, 6) is -0.160. The van der Waals surface area contributed by atoms with Gasteiger partial charge >= 0.3 is 6.03 Å². The van der Waals surface area contributed by atoms with Crippen LogP contribution in [0.2, 0.25) is 0 Å². The normalized spacial score (nSPS) is 21.7. The maximum absolute atomic E-state index is 12.4. The number of piperidine rings is 1. The lowest BCUT2D eigenvalue weighted by atomic mass is 9.97. The Bertz CT molecular complexity index is 528. The Morgan fingerprint density at radius 3 is 2.64 bits per heavy atom. The zero-order chi connectivity index (χ0) is 15.4. The van der Waals surface area contributed by atoms with Crippen LogP contribution < -0.4 is 5.32 Å². The summed E-state index contributed by atoms with van der Waals surface area (Å²) in [4.78, 5) is 32.5. The number of aromatic nitrogens is 1. The molecule has 1 unspecified atom stereocenters. The fourth-order valence-electron chi connectivity index (χ4n) is 3.15. The molecule has 6 heteroatoms. The molecule has 1 atom stereocenters. The highest BCUT2D eigenvalue weighted by Crippen LogP contribution is 2.21. The summed E-state index contributed by atoms with van der Waals surface area (Å²) < 4.78 is 0. The lowest BCUT2D eigenvalue weighted by Gasteiger charge is -2.34. The monoisotopic (exact) mass is 302 g/mol. The average molecular weight is 302 g/mol. The van der Waals surface area contributed by atoms with E-state index < -0.39 is 0 Å². The first-order valence-electron chi connectivity index (χ1n) is 7.99. The number of carbonyl (C=O) groups excluding carboxylic acids is 2. The van der Waals surface area contributed by atoms with Gasteiger partial charge in [-0.15, -0.1) is 0 Å². The molecular weight excluding hydrogens is 280 g/mol. The fraction of sp³-hybridized carbons (Fsp3) is 0.562. The van der Waals surface area contributed by atoms with Crippen molar-refractivity contribution in [3.05, 3.63) is 24.5 Å². The van der Waals surface area contributed by atoms with E-state index in [9.17, 15) is 9.59 Å². The highest BCUT2D eigenvalue weighted by Gasteiger charge is 2.31. The van der Waals surface area contributed by atoms with Gasteiger partial charge in [-0.25, -0.2) is 4.79 Å². The highest BCUT2D eigenvalue weighted by molar-refractivity contribution is 5.93. The first-order chi connectivity index (χ1) is 10.7. The summed E-state index contributed by atoms with van der Waals surface area (Å²) in [6.07, 6.45) is 7.19. The van der Waals surface area contributed by atoms with Gasteiger partial charge in [-0.05, 0) is 37.8 Å². The van der Waals surface area contributed by atoms with Gasteiger partial charge < -0.3 is 15.1 Å². The van der Waals surface area contributed by atoms with Crippen LogP contribution >= 0.6 is 0 Å². The van der Waals surface area contributed by atoms with Gasteiger partial charge in [-0.3, -0.25) is 9.78 Å². The number of amides is 3. The molecule has 118 valence electrons. The summed E-state index contributed by atoms with van der Waals surface area (Å²) in [6.45, 7) is 2.97. The van der Waals surface area contributed by atoms with E-state index in [4.69, 9.17) is 0 Å². The first-order valence-corrected chi connectivity index (χ1v) is 7.99. The topological polar surface area (TPSA) is 65.5 Å². The molecule has 2 aliphatic heterocycles. The summed E-state index contributed by atoms with van der Waals surface area (Å²) in [5, 5.41) is 2.89. The van der Waals surface area contributed by atoms with Crippen LogP contribution in [0.3, 0.4) is 0 Å². The number of rotatable bonds is 2. The number of hydrogen-bond acceptors (Lipinski definition) is 3. The van der Waals surface area contributed by atoms with Crippen LogP contribution in [-0.4, -0.2) is 52.9 Å². The van der Waals surface area contributed by atoms with E-state index in [0.717, 1.165) is 45.3 Å². The van der Waals surface area contributed by atoms with Crippen LogP contribution in [0.1, 0.15) is 25.7 Å². The number of nitrogens with one attached hydrogen (secondary N) is 1. The second kappa shape index (κ2) is 6.77. The smallest absolute Gasteiger partial charge is 0.320 e. The predicted molar refractivity (Wildman–Crippen MR) is 83.4 cm³/mol. The number of likely N-dealkylation sites (tertiary alicyclic amines) is 2. The lowest BCUT2D eigenvalue weighted by Crippen LogP contribution is -2.48. The Morgan fingerprint density at radius 1 is 1.14 bits per heavy atom. The van der Waals surface area contributed by atoms with E-state index >= 15 is 0 Å². The molecule has 1 N–H and O–H groups in total. The number of hydrogen-bond donors (Lipinski definition) is 1. The zero-order valence-corrected chi connectivity index (χ0v) is 12.7. The Balaban J connectivity index is 1.57. The van der Waals surface area contributed by atoms with Crippen LogP contribution in [0.15, 0.2) is 24.5 Å². The quantitative estimate of drug-likeness (QED) is 0.908. The molecule has 0 aliphatic carbocycles. The Hall–Kier alpha value is -2.11. The fourth-order valence-corrected chi connectivity index (χ4v) is 3.15. The third-order valence-electron chi connectivity index (χ3n) is 4.37. The van der Waals surface area contributed by atoms with E-state index in [1.807, 2.05) is 15.9 Å². The Labute approximate surface area is 130 Å². The van der Waals surface area contributed by atoms with Gasteiger partial charge in [0.2, 0.25) is 5.91 Å². The predicted octanol–water partition coefficient (Wildman–Crippen LogP) is 1.95. The second-order valence-electron chi connectivity index (χ2n) is 5.99. The van der Waals surface area contributed by atoms with Crippen molar-refractivity contribution in [3.8, 4) is 0 Å². The molecule has 22 heavy (non-hydrogen) atoms. The molecule has 0 aromatic carbocycles. The Kier molecular flexibility index (Phi) is 4.56. The zero-order valence-electron chi connectivity index (χ0n) is 12.7. The SMILES string of the molecule is O=C(Nc1cccnc1)C1CCCN(C(=O)N2CCCC2)C1. The van der Waals surface area contributed by atoms with Gasteiger partial charge in [0.1, 0.15) is 0 Å². The van der Waals surface area contributed by atoms with Gasteiger partial charge in [-0.1, -0.05) is 0 Å². The molecule has 6 nitrogen and oxygen atoms in total. The molecule has 3 amide bonds. The molecule has 2 aliphatic rings. The standard InChI is InChI=1S/C16H22N4O2/c21-15(18-14-6-3-7-17-11-14)13-5-4-10-20(12-13)16(22)19-8-1-2-9-19/h3,6-7,11,13H,1-2,4-5,8-10,12H2,(H,18,21). The first kappa shape index (κ1) is 14.8. The van der Waals surface area contributed by atoms with Crippen LogP contribution in [0, 0.1) is 5.92 Å². The molecule has 0 saturated carbocycles. The van der Waals surface area contributed by atoms with Crippen LogP contribution in [-0.2, 0) is 4.79 Å². The van der Waals surface area contributed by atoms with Gasteiger partial charge in [0, 0.05) is 32.4 Å². The Morgan fingerprint density at radius 2 is 1.91 bits per heavy atom. The summed E-state index contributed by atoms with van der Waals surface area (Å²) in [5.41, 5.74) is 0.704. The number of carbonyl (C=O) groups is 2. The molecule has 0 radical (unpaired) electrons. The van der Waals surface area contributed by atoms with Crippen molar-refractivity contribution in [2.24, 2.45) is 5.92 Å². The summed E-state index contributed by atoms with van der Waals surface area (Å²) >= 11 is 0. The van der Waals surface area contributed by atoms with E-state index in [1.165, 1.54) is 0 Å². The van der Waals surface area contributed by atoms with E-state index in [-0.39, 0.29) is 17.9 Å². The minimum atomic E-state index is -0.138. The number of pyridine rings is 1. The van der Waals surface area contributed by atoms with Crippen molar-refractivity contribution >= 4 is 17.6 Å². The average Bonchev–Trinajstić information content (AvgIpc) is 3.09. The van der Waals surface area contributed by atoms with Crippen molar-refractivity contribution in [3.63, 3.8) is 0 Å². The third-order valence-corrected chi connectivity index (χ3v) is 4.37. The van der Waals surface area contributed by atoms with Crippen molar-refractivity contribution in [1.29, 1.82) is 0 Å². The molecule has 0 bridgehead atoms. The molecule has 0 spiro atoms. The van der Waals surface area contributed by atoms with E-state index in [2.05, 4.69) is 10.3 Å². The highest BCUT2D eigenvalue weighted by atomic mass is 16.2. The molecule has 1 aromatic heterocycles. The third kappa shape index (κ3) is 3.37. The van der Waals surface area contributed by atoms with Crippen LogP contribution in [0.25, 0.3) is 0 Å². The molecule has 2 fully saturated rings. The summed E-state index contributed by atoms with van der Waals surface area (Å²) in [7, 11) is 0. The van der Waals surface area contributed by atoms with Crippen molar-refractivity contribution in [2.45, 2.75) is 25.7 Å². The maximum atomic E-state index is 12.4. The largest absolute Gasteiger partial charge is 0.325 e. The van der Waals surface area contributed by atoms with Gasteiger partial charge in [0.05, 0.1) is 17.8 Å². The van der Waals surface area contributed by atoms with Crippen molar-refractivity contribution < 1.29 is 9.59 Å². The molecule has 3 heterocycles. The van der Waals surface area contributed by atoms with E-state index in [1.54, 1.807) is 18.5 Å². The molecule has 1 aromatic rings. The number of anilines is 1. The van der Waals surface area contributed by atoms with Crippen LogP contribution in [0.4, 0.5) is 10.5 Å². The number of urea groups is 1. The van der Waals surface area contributed by atoms with Gasteiger partial charge in [0.25, 0.3) is 0 Å². The molecular formula is C16H22N4O2. The molecule has 3 rings (SSSR count). The lowest BCUT2D eigenvalue weighted by molar-refractivity contribution is -0.121. The minimum absolute atomic E-state index is 0.0214. The minimum Gasteiger partial charge on any atom is -0.325 e. The van der Waals surface area contributed by atoms with Crippen molar-refractivity contribution in [2.75, 3.05) is 31.5 Å². The maximum Gasteiger partial charge on any atom is 0.320 e. The van der Waals surface area contributed by atoms with Gasteiger partial charge in [-0.2, -0.15) is 0 Å². The molecule has 2 saturated heterocycles. The van der Waals surface area contributed by atoms with Gasteiger partial charge in [0.15, 0.2) is 0 Å². The second-order valence-corrected chi connectivity index (χ2v) is 5.99. The van der Waals surface area contributed by atoms with Crippen molar-refractivity contribution in [1.82, 2.24) is 14.8 Å².